The molecule has 146 valence electrons. The second-order valence-corrected chi connectivity index (χ2v) is 6.80. The number of carbonyl (C=O) groups excluding carboxylic acids is 2. The zero-order valence-electron chi connectivity index (χ0n) is 15.7. The Labute approximate surface area is 149 Å². The number of ether oxygens (including phenoxy) is 2. The fraction of sp³-hybridized carbons (Fsp3) is 0.778. The molecule has 0 rings (SSSR count). The van der Waals surface area contributed by atoms with Gasteiger partial charge in [-0.05, 0) is 27.2 Å². The number of hydrogen-bond donors (Lipinski definition) is 1. The quantitative estimate of drug-likeness (QED) is 0.320. The number of nitrogens with one attached hydrogen (secondary N) is 1. The molecule has 0 aromatic carbocycles. The normalized spacial score (nSPS) is 12.2. The van der Waals surface area contributed by atoms with Gasteiger partial charge in [0.05, 0.1) is 6.61 Å². The Kier molecular flexibility index (Phi) is 11.8. The van der Waals surface area contributed by atoms with E-state index in [1.807, 2.05) is 5.32 Å². The molecule has 7 heteroatoms. The maximum atomic E-state index is 12.5. The Bertz CT molecular complexity index is 431. The highest BCUT2D eigenvalue weighted by atomic mass is 19.3. The molecule has 0 aromatic rings. The van der Waals surface area contributed by atoms with Crippen LogP contribution in [0.3, 0.4) is 0 Å². The molecule has 0 saturated heterocycles. The molecule has 0 aromatic heterocycles. The van der Waals surface area contributed by atoms with E-state index in [9.17, 15) is 18.4 Å². The summed E-state index contributed by atoms with van der Waals surface area (Å²) in [4.78, 5) is 23.5. The van der Waals surface area contributed by atoms with E-state index < -0.39 is 29.8 Å². The van der Waals surface area contributed by atoms with Gasteiger partial charge < -0.3 is 9.47 Å². The van der Waals surface area contributed by atoms with Crippen LogP contribution in [0.4, 0.5) is 13.6 Å². The van der Waals surface area contributed by atoms with Crippen molar-refractivity contribution in [3.63, 3.8) is 0 Å². The average molecular weight is 363 g/mol. The summed E-state index contributed by atoms with van der Waals surface area (Å²) in [7, 11) is 0. The highest BCUT2D eigenvalue weighted by Gasteiger charge is 2.21. The summed E-state index contributed by atoms with van der Waals surface area (Å²) < 4.78 is 35.0. The molecule has 0 atom stereocenters. The van der Waals surface area contributed by atoms with Crippen LogP contribution in [0.2, 0.25) is 0 Å². The first kappa shape index (κ1) is 23.3. The first-order valence-electron chi connectivity index (χ1n) is 8.82. The summed E-state index contributed by atoms with van der Waals surface area (Å²) in [6.45, 7) is 7.16. The van der Waals surface area contributed by atoms with E-state index in [0.717, 1.165) is 19.3 Å². The van der Waals surface area contributed by atoms with Crippen LogP contribution in [0.1, 0.15) is 72.6 Å². The topological polar surface area (TPSA) is 64.6 Å². The smallest absolute Gasteiger partial charge is 0.412 e. The Hall–Kier alpha value is -1.66. The van der Waals surface area contributed by atoms with E-state index in [2.05, 4.69) is 6.92 Å². The maximum Gasteiger partial charge on any atom is 0.412 e. The number of amides is 1. The third kappa shape index (κ3) is 14.4. The van der Waals surface area contributed by atoms with E-state index in [1.165, 1.54) is 19.3 Å². The van der Waals surface area contributed by atoms with Gasteiger partial charge in [-0.1, -0.05) is 45.4 Å². The highest BCUT2D eigenvalue weighted by molar-refractivity contribution is 5.92. The van der Waals surface area contributed by atoms with E-state index in [4.69, 9.17) is 9.47 Å². The molecule has 0 bridgehead atoms. The van der Waals surface area contributed by atoms with Crippen molar-refractivity contribution < 1.29 is 27.8 Å². The van der Waals surface area contributed by atoms with Crippen LogP contribution in [0, 0.1) is 0 Å². The lowest BCUT2D eigenvalue weighted by atomic mass is 10.1. The third-order valence-corrected chi connectivity index (χ3v) is 3.13. The van der Waals surface area contributed by atoms with Crippen molar-refractivity contribution in [3.05, 3.63) is 11.8 Å². The average Bonchev–Trinajstić information content (AvgIpc) is 2.46. The van der Waals surface area contributed by atoms with E-state index in [0.29, 0.717) is 12.5 Å². The van der Waals surface area contributed by atoms with Crippen molar-refractivity contribution in [1.29, 1.82) is 0 Å². The first-order valence-corrected chi connectivity index (χ1v) is 8.82. The molecule has 0 spiro atoms. The molecule has 1 amide bonds. The molecule has 0 radical (unpaired) electrons. The number of carbonyl (C=O) groups is 2. The highest BCUT2D eigenvalue weighted by Crippen LogP contribution is 2.10. The number of halogens is 2. The number of unbranched alkanes of at least 4 members (excludes halogenated alkanes) is 6. The van der Waals surface area contributed by atoms with E-state index >= 15 is 0 Å². The molecule has 5 nitrogen and oxygen atoms in total. The van der Waals surface area contributed by atoms with Crippen molar-refractivity contribution >= 4 is 12.1 Å². The van der Waals surface area contributed by atoms with Crippen molar-refractivity contribution in [1.82, 2.24) is 5.32 Å². The fourth-order valence-corrected chi connectivity index (χ4v) is 2.00. The lowest BCUT2D eigenvalue weighted by molar-refractivity contribution is -0.139. The van der Waals surface area contributed by atoms with Crippen LogP contribution >= 0.6 is 0 Å². The number of allylic oxidation sites excluding steroid dienone is 1. The predicted molar refractivity (Wildman–Crippen MR) is 92.4 cm³/mol. The lowest BCUT2D eigenvalue weighted by Gasteiger charge is -2.20. The zero-order valence-corrected chi connectivity index (χ0v) is 15.7. The molecule has 0 aliphatic rings. The van der Waals surface area contributed by atoms with E-state index in [-0.39, 0.29) is 6.61 Å². The van der Waals surface area contributed by atoms with Gasteiger partial charge in [0, 0.05) is 6.08 Å². The summed E-state index contributed by atoms with van der Waals surface area (Å²) in [6.07, 6.45) is 3.81. The molecule has 0 fully saturated rings. The van der Waals surface area contributed by atoms with Crippen molar-refractivity contribution in [3.8, 4) is 0 Å². The number of hydrogen-bond acceptors (Lipinski definition) is 4. The van der Waals surface area contributed by atoms with Crippen LogP contribution in [-0.2, 0) is 14.3 Å². The molecule has 0 heterocycles. The molecule has 0 saturated carbocycles. The van der Waals surface area contributed by atoms with Crippen LogP contribution in [0.15, 0.2) is 11.8 Å². The second kappa shape index (κ2) is 12.7. The molecule has 25 heavy (non-hydrogen) atoms. The van der Waals surface area contributed by atoms with E-state index in [1.54, 1.807) is 20.8 Å². The van der Waals surface area contributed by atoms with Crippen LogP contribution in [0.5, 0.6) is 0 Å². The van der Waals surface area contributed by atoms with Gasteiger partial charge >= 0.3 is 12.1 Å². The largest absolute Gasteiger partial charge is 0.461 e. The molecule has 0 unspecified atom stereocenters. The summed E-state index contributed by atoms with van der Waals surface area (Å²) >= 11 is 0. The first-order chi connectivity index (χ1) is 11.7. The van der Waals surface area contributed by atoms with Crippen molar-refractivity contribution in [2.75, 3.05) is 6.61 Å². The van der Waals surface area contributed by atoms with Gasteiger partial charge in [0.25, 0.3) is 6.43 Å². The minimum absolute atomic E-state index is 0.128. The number of alkyl halides is 2. The standard InChI is InChI=1S/C18H31F2NO4/c1-5-6-7-8-9-10-11-12-24-16(22)14(13-15(19)20)21-17(23)25-18(2,3)4/h13,15H,5-12H2,1-4H3,(H,21,23)/b14-13-. The Balaban J connectivity index is 4.27. The fourth-order valence-electron chi connectivity index (χ4n) is 2.00. The van der Waals surface area contributed by atoms with Gasteiger partial charge in [0.1, 0.15) is 11.3 Å². The number of esters is 1. The zero-order chi connectivity index (χ0) is 19.3. The van der Waals surface area contributed by atoms with Gasteiger partial charge in [-0.15, -0.1) is 0 Å². The number of alkyl carbamates (subject to hydrolysis) is 1. The third-order valence-electron chi connectivity index (χ3n) is 3.13. The van der Waals surface area contributed by atoms with Gasteiger partial charge in [0.2, 0.25) is 0 Å². The second-order valence-electron chi connectivity index (χ2n) is 6.80. The predicted octanol–water partition coefficient (Wildman–Crippen LogP) is 4.95. The number of rotatable bonds is 11. The Morgan fingerprint density at radius 3 is 2.12 bits per heavy atom. The monoisotopic (exact) mass is 363 g/mol. The van der Waals surface area contributed by atoms with Gasteiger partial charge in [0.15, 0.2) is 0 Å². The Morgan fingerprint density at radius 1 is 1.04 bits per heavy atom. The summed E-state index contributed by atoms with van der Waals surface area (Å²) in [5, 5.41) is 2.03. The van der Waals surface area contributed by atoms with Crippen LogP contribution in [-0.4, -0.2) is 30.7 Å². The Morgan fingerprint density at radius 2 is 1.60 bits per heavy atom. The lowest BCUT2D eigenvalue weighted by Crippen LogP contribution is -2.35. The van der Waals surface area contributed by atoms with Gasteiger partial charge in [-0.3, -0.25) is 5.32 Å². The minimum atomic E-state index is -2.89. The molecule has 0 aliphatic heterocycles. The molecule has 0 aliphatic carbocycles. The van der Waals surface area contributed by atoms with Crippen molar-refractivity contribution in [2.45, 2.75) is 84.7 Å². The molecular formula is C18H31F2NO4. The maximum absolute atomic E-state index is 12.5. The summed E-state index contributed by atoms with van der Waals surface area (Å²) in [6, 6.07) is 0. The van der Waals surface area contributed by atoms with Crippen LogP contribution in [0.25, 0.3) is 0 Å². The SMILES string of the molecule is CCCCCCCCCOC(=O)/C(=C/C(F)F)NC(=O)OC(C)(C)C. The minimum Gasteiger partial charge on any atom is -0.461 e. The van der Waals surface area contributed by atoms with Gasteiger partial charge in [-0.25, -0.2) is 18.4 Å². The molecular weight excluding hydrogens is 332 g/mol. The van der Waals surface area contributed by atoms with Crippen LogP contribution < -0.4 is 5.32 Å². The van der Waals surface area contributed by atoms with Gasteiger partial charge in [-0.2, -0.15) is 0 Å². The van der Waals surface area contributed by atoms with Crippen molar-refractivity contribution in [2.24, 2.45) is 0 Å². The summed E-state index contributed by atoms with van der Waals surface area (Å²) in [5.41, 5.74) is -1.41. The molecule has 1 N–H and O–H groups in total. The summed E-state index contributed by atoms with van der Waals surface area (Å²) in [5.74, 6) is -0.989.